The van der Waals surface area contributed by atoms with Crippen molar-refractivity contribution in [3.8, 4) is 11.3 Å². The van der Waals surface area contributed by atoms with Crippen LogP contribution in [-0.4, -0.2) is 31.9 Å². The van der Waals surface area contributed by atoms with Crippen molar-refractivity contribution in [2.75, 3.05) is 12.4 Å². The Morgan fingerprint density at radius 1 is 1.16 bits per heavy atom. The number of halogens is 1. The number of thiocarbonyl (C=S) groups is 1. The molecule has 2 aromatic heterocycles. The molecule has 2 N–H and O–H groups in total. The van der Waals surface area contributed by atoms with E-state index in [2.05, 4.69) is 41.4 Å². The predicted octanol–water partition coefficient (Wildman–Crippen LogP) is 3.82. The van der Waals surface area contributed by atoms with Crippen LogP contribution in [0.3, 0.4) is 0 Å². The minimum atomic E-state index is -0.238. The Labute approximate surface area is 156 Å². The van der Waals surface area contributed by atoms with Crippen molar-refractivity contribution in [1.82, 2.24) is 25.1 Å². The van der Waals surface area contributed by atoms with E-state index in [0.717, 1.165) is 22.3 Å². The van der Waals surface area contributed by atoms with Crippen molar-refractivity contribution in [3.05, 3.63) is 35.6 Å². The summed E-state index contributed by atoms with van der Waals surface area (Å²) >= 11 is 11.3. The molecule has 0 saturated carbocycles. The summed E-state index contributed by atoms with van der Waals surface area (Å²) in [6, 6.07) is 7.55. The van der Waals surface area contributed by atoms with E-state index in [9.17, 15) is 0 Å². The fraction of sp³-hybridized carbons (Fsp3) is 0.294. The molecule has 0 aliphatic carbocycles. The second-order valence-electron chi connectivity index (χ2n) is 6.56. The maximum Gasteiger partial charge on any atom is 0.171 e. The number of hydrogen-bond donors (Lipinski definition) is 2. The molecule has 8 heteroatoms. The van der Waals surface area contributed by atoms with Crippen molar-refractivity contribution >= 4 is 45.8 Å². The summed E-state index contributed by atoms with van der Waals surface area (Å²) < 4.78 is 1.90. The van der Waals surface area contributed by atoms with Crippen LogP contribution in [0.15, 0.2) is 30.6 Å². The highest BCUT2D eigenvalue weighted by molar-refractivity contribution is 7.80. The molecule has 0 atom stereocenters. The zero-order valence-corrected chi connectivity index (χ0v) is 16.0. The van der Waals surface area contributed by atoms with E-state index in [1.165, 1.54) is 6.33 Å². The van der Waals surface area contributed by atoms with Crippen LogP contribution >= 0.6 is 23.8 Å². The van der Waals surface area contributed by atoms with Crippen LogP contribution in [0.25, 0.3) is 22.3 Å². The molecule has 3 aromatic rings. The molecular formula is C17H19ClN6S. The predicted molar refractivity (Wildman–Crippen MR) is 106 cm³/mol. The minimum absolute atomic E-state index is 0.238. The number of anilines is 1. The molecule has 0 radical (unpaired) electrons. The van der Waals surface area contributed by atoms with Gasteiger partial charge in [0.1, 0.15) is 17.8 Å². The molecule has 25 heavy (non-hydrogen) atoms. The zero-order valence-electron chi connectivity index (χ0n) is 14.5. The molecule has 0 spiro atoms. The molecule has 0 saturated heterocycles. The number of aromatic nitrogens is 4. The molecule has 3 rings (SSSR count). The molecule has 0 fully saturated rings. The van der Waals surface area contributed by atoms with Crippen molar-refractivity contribution in [1.29, 1.82) is 0 Å². The first kappa shape index (κ1) is 17.6. The third-order valence-corrected chi connectivity index (χ3v) is 4.23. The average Bonchev–Trinajstić information content (AvgIpc) is 2.96. The molecule has 0 unspecified atom stereocenters. The van der Waals surface area contributed by atoms with E-state index in [1.54, 1.807) is 7.05 Å². The van der Waals surface area contributed by atoms with E-state index in [-0.39, 0.29) is 5.54 Å². The van der Waals surface area contributed by atoms with Crippen LogP contribution in [-0.2, 0) is 5.54 Å². The summed E-state index contributed by atoms with van der Waals surface area (Å²) in [4.78, 5) is 8.83. The average molecular weight is 375 g/mol. The Balaban J connectivity index is 2.30. The van der Waals surface area contributed by atoms with Gasteiger partial charge < -0.3 is 10.6 Å². The molecule has 1 aromatic carbocycles. The van der Waals surface area contributed by atoms with Crippen LogP contribution in [0.1, 0.15) is 20.8 Å². The molecule has 0 aliphatic rings. The lowest BCUT2D eigenvalue weighted by atomic mass is 10.1. The molecule has 130 valence electrons. The Morgan fingerprint density at radius 2 is 1.84 bits per heavy atom. The molecule has 2 heterocycles. The Bertz CT molecular complexity index is 927. The standard InChI is InChI=1S/C17H19ClN6S/c1-17(2,3)24-15-12(14(20-9-21-15)22-16(25)19-4)13(23-24)10-5-7-11(18)8-6-10/h5-9H,1-4H3,(H2,19,20,21,22,25). The van der Waals surface area contributed by atoms with Crippen molar-refractivity contribution in [2.24, 2.45) is 0 Å². The van der Waals surface area contributed by atoms with Gasteiger partial charge in [-0.05, 0) is 45.1 Å². The Hall–Kier alpha value is -2.25. The normalized spacial score (nSPS) is 11.6. The highest BCUT2D eigenvalue weighted by atomic mass is 35.5. The lowest BCUT2D eigenvalue weighted by molar-refractivity contribution is 0.367. The maximum absolute atomic E-state index is 6.03. The fourth-order valence-electron chi connectivity index (χ4n) is 2.49. The highest BCUT2D eigenvalue weighted by Crippen LogP contribution is 2.34. The van der Waals surface area contributed by atoms with Gasteiger partial charge in [0, 0.05) is 17.6 Å². The van der Waals surface area contributed by atoms with Gasteiger partial charge in [-0.3, -0.25) is 0 Å². The van der Waals surface area contributed by atoms with Crippen molar-refractivity contribution in [3.63, 3.8) is 0 Å². The number of fused-ring (bicyclic) bond motifs is 1. The smallest absolute Gasteiger partial charge is 0.171 e. The number of hydrogen-bond acceptors (Lipinski definition) is 4. The summed E-state index contributed by atoms with van der Waals surface area (Å²) in [5.74, 6) is 0.616. The van der Waals surface area contributed by atoms with E-state index in [0.29, 0.717) is 16.0 Å². The lowest BCUT2D eigenvalue weighted by Crippen LogP contribution is -2.25. The molecule has 6 nitrogen and oxygen atoms in total. The number of rotatable bonds is 2. The Morgan fingerprint density at radius 3 is 2.44 bits per heavy atom. The first-order valence-corrected chi connectivity index (χ1v) is 8.59. The van der Waals surface area contributed by atoms with Crippen LogP contribution in [0.5, 0.6) is 0 Å². The van der Waals surface area contributed by atoms with Gasteiger partial charge in [-0.1, -0.05) is 23.7 Å². The van der Waals surface area contributed by atoms with Crippen molar-refractivity contribution in [2.45, 2.75) is 26.3 Å². The molecule has 0 aliphatic heterocycles. The zero-order chi connectivity index (χ0) is 18.2. The number of benzene rings is 1. The van der Waals surface area contributed by atoms with Crippen LogP contribution < -0.4 is 10.6 Å². The van der Waals surface area contributed by atoms with Gasteiger partial charge >= 0.3 is 0 Å². The van der Waals surface area contributed by atoms with Gasteiger partial charge in [-0.2, -0.15) is 5.10 Å². The summed E-state index contributed by atoms with van der Waals surface area (Å²) in [6.07, 6.45) is 1.51. The summed E-state index contributed by atoms with van der Waals surface area (Å²) in [7, 11) is 1.76. The minimum Gasteiger partial charge on any atom is -0.365 e. The van der Waals surface area contributed by atoms with Gasteiger partial charge in [-0.15, -0.1) is 0 Å². The number of nitrogens with zero attached hydrogens (tertiary/aromatic N) is 4. The van der Waals surface area contributed by atoms with E-state index in [1.807, 2.05) is 28.9 Å². The Kier molecular flexibility index (Phi) is 4.62. The first-order valence-electron chi connectivity index (χ1n) is 7.80. The van der Waals surface area contributed by atoms with E-state index in [4.69, 9.17) is 28.9 Å². The monoisotopic (exact) mass is 374 g/mol. The second-order valence-corrected chi connectivity index (χ2v) is 7.41. The second kappa shape index (κ2) is 6.57. The quantitative estimate of drug-likeness (QED) is 0.665. The fourth-order valence-corrected chi connectivity index (χ4v) is 2.72. The molecule has 0 amide bonds. The van der Waals surface area contributed by atoms with Crippen LogP contribution in [0.2, 0.25) is 5.02 Å². The summed E-state index contributed by atoms with van der Waals surface area (Å²) in [5, 5.41) is 12.8. The third kappa shape index (κ3) is 3.43. The molecule has 0 bridgehead atoms. The van der Waals surface area contributed by atoms with Crippen LogP contribution in [0.4, 0.5) is 5.82 Å². The van der Waals surface area contributed by atoms with Gasteiger partial charge in [0.25, 0.3) is 0 Å². The van der Waals surface area contributed by atoms with Gasteiger partial charge in [0.05, 0.1) is 10.9 Å². The molecular weight excluding hydrogens is 356 g/mol. The number of nitrogens with one attached hydrogen (secondary N) is 2. The van der Waals surface area contributed by atoms with Crippen molar-refractivity contribution < 1.29 is 0 Å². The van der Waals surface area contributed by atoms with Gasteiger partial charge in [0.2, 0.25) is 0 Å². The van der Waals surface area contributed by atoms with Gasteiger partial charge in [-0.25, -0.2) is 14.6 Å². The van der Waals surface area contributed by atoms with Crippen LogP contribution in [0, 0.1) is 0 Å². The first-order chi connectivity index (χ1) is 11.8. The third-order valence-electron chi connectivity index (χ3n) is 3.68. The van der Waals surface area contributed by atoms with E-state index >= 15 is 0 Å². The topological polar surface area (TPSA) is 67.7 Å². The summed E-state index contributed by atoms with van der Waals surface area (Å²) in [5.41, 5.74) is 2.22. The lowest BCUT2D eigenvalue weighted by Gasteiger charge is -2.19. The van der Waals surface area contributed by atoms with E-state index < -0.39 is 0 Å². The largest absolute Gasteiger partial charge is 0.365 e. The highest BCUT2D eigenvalue weighted by Gasteiger charge is 2.24. The summed E-state index contributed by atoms with van der Waals surface area (Å²) in [6.45, 7) is 6.25. The van der Waals surface area contributed by atoms with Gasteiger partial charge in [0.15, 0.2) is 10.8 Å². The SMILES string of the molecule is CNC(=S)Nc1ncnc2c1c(-c1ccc(Cl)cc1)nn2C(C)(C)C. The maximum atomic E-state index is 6.03.